The predicted molar refractivity (Wildman–Crippen MR) is 79.9 cm³/mol. The van der Waals surface area contributed by atoms with Crippen LogP contribution in [0, 0.1) is 11.7 Å². The molecule has 1 aliphatic heterocycles. The Morgan fingerprint density at radius 3 is 2.91 bits per heavy atom. The van der Waals surface area contributed by atoms with Crippen LogP contribution in [0.2, 0.25) is 0 Å². The first-order valence-electron chi connectivity index (χ1n) is 7.34. The lowest BCUT2D eigenvalue weighted by Crippen LogP contribution is -2.20. The molecule has 0 saturated carbocycles. The van der Waals surface area contributed by atoms with E-state index in [0.29, 0.717) is 11.7 Å². The molecule has 1 aliphatic rings. The van der Waals surface area contributed by atoms with Gasteiger partial charge in [-0.3, -0.25) is 4.79 Å². The third-order valence-corrected chi connectivity index (χ3v) is 3.72. The van der Waals surface area contributed by atoms with Gasteiger partial charge in [0.05, 0.1) is 19.2 Å². The number of aromatic nitrogens is 2. The van der Waals surface area contributed by atoms with Crippen LogP contribution in [0.25, 0.3) is 0 Å². The topological polar surface area (TPSA) is 56.2 Å². The Hall–Kier alpha value is -2.21. The van der Waals surface area contributed by atoms with Gasteiger partial charge in [-0.15, -0.1) is 0 Å². The molecule has 22 heavy (non-hydrogen) atoms. The molecular formula is C16H18FN3O2. The van der Waals surface area contributed by atoms with Crippen LogP contribution in [-0.4, -0.2) is 28.9 Å². The zero-order valence-corrected chi connectivity index (χ0v) is 12.2. The molecule has 116 valence electrons. The lowest BCUT2D eigenvalue weighted by atomic mass is 10.1. The van der Waals surface area contributed by atoms with Gasteiger partial charge in [0.15, 0.2) is 0 Å². The molecule has 1 aromatic carbocycles. The number of anilines is 1. The summed E-state index contributed by atoms with van der Waals surface area (Å²) in [4.78, 5) is 12.1. The van der Waals surface area contributed by atoms with Crippen LogP contribution < -0.4 is 5.32 Å². The van der Waals surface area contributed by atoms with Gasteiger partial charge in [0, 0.05) is 25.1 Å². The van der Waals surface area contributed by atoms with Crippen molar-refractivity contribution in [3.8, 4) is 0 Å². The number of benzene rings is 1. The fourth-order valence-electron chi connectivity index (χ4n) is 2.53. The van der Waals surface area contributed by atoms with Crippen molar-refractivity contribution in [1.29, 1.82) is 0 Å². The lowest BCUT2D eigenvalue weighted by Gasteiger charge is -2.12. The fourth-order valence-corrected chi connectivity index (χ4v) is 2.53. The zero-order valence-electron chi connectivity index (χ0n) is 12.2. The second kappa shape index (κ2) is 6.70. The monoisotopic (exact) mass is 303 g/mol. The number of halogens is 1. The van der Waals surface area contributed by atoms with E-state index >= 15 is 0 Å². The first kappa shape index (κ1) is 14.7. The third kappa shape index (κ3) is 3.71. The number of rotatable bonds is 5. The van der Waals surface area contributed by atoms with Gasteiger partial charge in [-0.25, -0.2) is 9.07 Å². The summed E-state index contributed by atoms with van der Waals surface area (Å²) in [5, 5.41) is 7.10. The molecular weight excluding hydrogens is 285 g/mol. The smallest absolute Gasteiger partial charge is 0.229 e. The first-order chi connectivity index (χ1) is 10.7. The molecule has 1 fully saturated rings. The Kier molecular flexibility index (Phi) is 4.48. The molecule has 1 atom stereocenters. The van der Waals surface area contributed by atoms with E-state index in [2.05, 4.69) is 10.4 Å². The molecule has 5 nitrogen and oxygen atoms in total. The number of ether oxygens (including phenoxy) is 1. The fraction of sp³-hybridized carbons (Fsp3) is 0.375. The molecule has 1 saturated heterocycles. The highest BCUT2D eigenvalue weighted by atomic mass is 19.1. The van der Waals surface area contributed by atoms with Crippen molar-refractivity contribution < 1.29 is 13.9 Å². The zero-order chi connectivity index (χ0) is 15.4. The number of nitrogens with one attached hydrogen (secondary N) is 1. The molecule has 1 unspecified atom stereocenters. The summed E-state index contributed by atoms with van der Waals surface area (Å²) in [6.45, 7) is 2.26. The largest absolute Gasteiger partial charge is 0.381 e. The van der Waals surface area contributed by atoms with Gasteiger partial charge in [0.25, 0.3) is 0 Å². The van der Waals surface area contributed by atoms with Crippen LogP contribution in [0.5, 0.6) is 0 Å². The molecule has 2 aromatic rings. The van der Waals surface area contributed by atoms with Gasteiger partial charge in [-0.2, -0.15) is 5.10 Å². The lowest BCUT2D eigenvalue weighted by molar-refractivity contribution is -0.115. The maximum absolute atomic E-state index is 12.9. The van der Waals surface area contributed by atoms with E-state index in [1.54, 1.807) is 29.1 Å². The van der Waals surface area contributed by atoms with Crippen LogP contribution in [-0.2, 0) is 22.5 Å². The highest BCUT2D eigenvalue weighted by Gasteiger charge is 2.18. The molecule has 0 spiro atoms. The van der Waals surface area contributed by atoms with E-state index in [9.17, 15) is 9.18 Å². The maximum Gasteiger partial charge on any atom is 0.229 e. The Morgan fingerprint density at radius 1 is 1.36 bits per heavy atom. The van der Waals surface area contributed by atoms with Gasteiger partial charge in [0.2, 0.25) is 5.91 Å². The van der Waals surface area contributed by atoms with Crippen molar-refractivity contribution in [1.82, 2.24) is 9.78 Å². The minimum Gasteiger partial charge on any atom is -0.381 e. The minimum absolute atomic E-state index is 0.143. The van der Waals surface area contributed by atoms with Crippen molar-refractivity contribution in [3.63, 3.8) is 0 Å². The summed E-state index contributed by atoms with van der Waals surface area (Å²) >= 11 is 0. The number of nitrogens with zero attached hydrogens (tertiary/aromatic N) is 2. The molecule has 3 rings (SSSR count). The second-order valence-corrected chi connectivity index (χ2v) is 5.48. The minimum atomic E-state index is -0.305. The van der Waals surface area contributed by atoms with Crippen molar-refractivity contribution in [2.45, 2.75) is 19.4 Å². The van der Waals surface area contributed by atoms with E-state index in [-0.39, 0.29) is 18.1 Å². The first-order valence-corrected chi connectivity index (χ1v) is 7.34. The van der Waals surface area contributed by atoms with Gasteiger partial charge >= 0.3 is 0 Å². The summed E-state index contributed by atoms with van der Waals surface area (Å²) in [7, 11) is 0. The van der Waals surface area contributed by atoms with E-state index in [1.165, 1.54) is 12.1 Å². The van der Waals surface area contributed by atoms with Crippen molar-refractivity contribution >= 4 is 11.7 Å². The summed E-state index contributed by atoms with van der Waals surface area (Å²) in [5.41, 5.74) is 0.772. The Labute approximate surface area is 128 Å². The second-order valence-electron chi connectivity index (χ2n) is 5.48. The summed E-state index contributed by atoms with van der Waals surface area (Å²) < 4.78 is 20.0. The van der Waals surface area contributed by atoms with Gasteiger partial charge in [0.1, 0.15) is 11.6 Å². The number of hydrogen-bond donors (Lipinski definition) is 1. The number of carbonyl (C=O) groups excluding carboxylic acids is 1. The van der Waals surface area contributed by atoms with E-state index in [4.69, 9.17) is 4.74 Å². The number of amides is 1. The molecule has 0 bridgehead atoms. The molecule has 1 amide bonds. The van der Waals surface area contributed by atoms with Gasteiger partial charge in [-0.1, -0.05) is 12.1 Å². The van der Waals surface area contributed by atoms with Crippen LogP contribution in [0.15, 0.2) is 36.5 Å². The average molecular weight is 303 g/mol. The normalized spacial score (nSPS) is 17.6. The number of carbonyl (C=O) groups is 1. The third-order valence-electron chi connectivity index (χ3n) is 3.72. The standard InChI is InChI=1S/C16H18FN3O2/c17-14-3-1-12(2-4-14)9-16(21)19-15-5-7-18-20(15)10-13-6-8-22-11-13/h1-5,7,13H,6,8-11H2,(H,19,21). The maximum atomic E-state index is 12.9. The van der Waals surface area contributed by atoms with E-state index in [1.807, 2.05) is 0 Å². The highest BCUT2D eigenvalue weighted by molar-refractivity contribution is 5.91. The average Bonchev–Trinajstić information content (AvgIpc) is 3.15. The molecule has 0 radical (unpaired) electrons. The van der Waals surface area contributed by atoms with Crippen molar-refractivity contribution in [2.24, 2.45) is 5.92 Å². The molecule has 1 N–H and O–H groups in total. The van der Waals surface area contributed by atoms with Crippen LogP contribution in [0.4, 0.5) is 10.2 Å². The Balaban J connectivity index is 1.59. The molecule has 0 aliphatic carbocycles. The SMILES string of the molecule is O=C(Cc1ccc(F)cc1)Nc1ccnn1CC1CCOC1. The van der Waals surface area contributed by atoms with Crippen molar-refractivity contribution in [2.75, 3.05) is 18.5 Å². The van der Waals surface area contributed by atoms with Crippen molar-refractivity contribution in [3.05, 3.63) is 47.9 Å². The van der Waals surface area contributed by atoms with Gasteiger partial charge < -0.3 is 10.1 Å². The Morgan fingerprint density at radius 2 is 2.18 bits per heavy atom. The van der Waals surface area contributed by atoms with E-state index < -0.39 is 0 Å². The van der Waals surface area contributed by atoms with E-state index in [0.717, 1.165) is 31.7 Å². The highest BCUT2D eigenvalue weighted by Crippen LogP contribution is 2.17. The summed E-state index contributed by atoms with van der Waals surface area (Å²) in [6.07, 6.45) is 2.89. The van der Waals surface area contributed by atoms with Crippen LogP contribution in [0.1, 0.15) is 12.0 Å². The quantitative estimate of drug-likeness (QED) is 0.921. The molecule has 2 heterocycles. The molecule has 6 heteroatoms. The predicted octanol–water partition coefficient (Wildman–Crippen LogP) is 2.24. The van der Waals surface area contributed by atoms with Gasteiger partial charge in [-0.05, 0) is 24.1 Å². The number of hydrogen-bond acceptors (Lipinski definition) is 3. The summed E-state index contributed by atoms with van der Waals surface area (Å²) in [5.74, 6) is 0.670. The summed E-state index contributed by atoms with van der Waals surface area (Å²) in [6, 6.07) is 7.71. The Bertz CT molecular complexity index is 633. The van der Waals surface area contributed by atoms with Crippen LogP contribution in [0.3, 0.4) is 0 Å². The van der Waals surface area contributed by atoms with Crippen LogP contribution >= 0.6 is 0 Å². The molecule has 1 aromatic heterocycles.